The molecule has 0 atom stereocenters. The first-order valence-corrected chi connectivity index (χ1v) is 9.05. The summed E-state index contributed by atoms with van der Waals surface area (Å²) >= 11 is 0. The number of primary amides is 1. The normalized spacial score (nSPS) is 10.9. The standard InChI is InChI=1S/C21H19N5O4/c1-11-4-6-12(7-5-11)19-23-16(18(22)27)17-20(25-19)26(21(28)24-17)14-9-8-13(29-2)10-15(14)30-3/h4-10H,1-3H3,(H2,22,27)(H,24,28). The van der Waals surface area contributed by atoms with E-state index in [0.29, 0.717) is 22.7 Å². The molecule has 0 radical (unpaired) electrons. The van der Waals surface area contributed by atoms with Gasteiger partial charge in [0, 0.05) is 11.6 Å². The summed E-state index contributed by atoms with van der Waals surface area (Å²) in [6, 6.07) is 12.5. The highest BCUT2D eigenvalue weighted by atomic mass is 16.5. The van der Waals surface area contributed by atoms with Crippen LogP contribution in [-0.2, 0) is 0 Å². The fraction of sp³-hybridized carbons (Fsp3) is 0.143. The third kappa shape index (κ3) is 3.16. The van der Waals surface area contributed by atoms with Gasteiger partial charge in [0.05, 0.1) is 19.9 Å². The summed E-state index contributed by atoms with van der Waals surface area (Å²) in [5.41, 5.74) is 7.51. The van der Waals surface area contributed by atoms with Gasteiger partial charge in [-0.15, -0.1) is 0 Å². The van der Waals surface area contributed by atoms with Crippen molar-refractivity contribution in [3.8, 4) is 28.6 Å². The van der Waals surface area contributed by atoms with E-state index in [9.17, 15) is 9.59 Å². The van der Waals surface area contributed by atoms with Crippen LogP contribution >= 0.6 is 0 Å². The van der Waals surface area contributed by atoms with Crippen LogP contribution < -0.4 is 20.9 Å². The van der Waals surface area contributed by atoms with Gasteiger partial charge in [-0.2, -0.15) is 0 Å². The molecule has 4 aromatic rings. The van der Waals surface area contributed by atoms with Crippen molar-refractivity contribution in [1.29, 1.82) is 0 Å². The number of hydrogen-bond donors (Lipinski definition) is 2. The molecular formula is C21H19N5O4. The van der Waals surface area contributed by atoms with E-state index in [2.05, 4.69) is 15.0 Å². The number of carbonyl (C=O) groups excluding carboxylic acids is 1. The number of nitrogens with one attached hydrogen (secondary N) is 1. The van der Waals surface area contributed by atoms with Crippen LogP contribution in [0.2, 0.25) is 0 Å². The maximum absolute atomic E-state index is 12.8. The van der Waals surface area contributed by atoms with Crippen molar-refractivity contribution in [3.05, 3.63) is 64.2 Å². The maximum atomic E-state index is 12.8. The zero-order valence-corrected chi connectivity index (χ0v) is 16.6. The van der Waals surface area contributed by atoms with E-state index >= 15 is 0 Å². The van der Waals surface area contributed by atoms with Gasteiger partial charge in [-0.25, -0.2) is 19.3 Å². The van der Waals surface area contributed by atoms with Crippen LogP contribution in [0.4, 0.5) is 0 Å². The summed E-state index contributed by atoms with van der Waals surface area (Å²) < 4.78 is 12.0. The van der Waals surface area contributed by atoms with Crippen LogP contribution in [0.5, 0.6) is 11.5 Å². The van der Waals surface area contributed by atoms with Crippen molar-refractivity contribution >= 4 is 17.1 Å². The molecule has 9 nitrogen and oxygen atoms in total. The van der Waals surface area contributed by atoms with Crippen molar-refractivity contribution < 1.29 is 14.3 Å². The Balaban J connectivity index is 2.04. The van der Waals surface area contributed by atoms with Gasteiger partial charge in [-0.3, -0.25) is 4.79 Å². The zero-order valence-electron chi connectivity index (χ0n) is 16.6. The Hall–Kier alpha value is -4.14. The molecule has 0 aliphatic heterocycles. The summed E-state index contributed by atoms with van der Waals surface area (Å²) in [6.07, 6.45) is 0. The van der Waals surface area contributed by atoms with E-state index in [1.54, 1.807) is 18.2 Å². The first kappa shape index (κ1) is 19.2. The second-order valence-electron chi connectivity index (χ2n) is 6.63. The number of nitrogens with zero attached hydrogens (tertiary/aromatic N) is 3. The summed E-state index contributed by atoms with van der Waals surface area (Å²) in [5.74, 6) is 0.465. The number of carbonyl (C=O) groups is 1. The summed E-state index contributed by atoms with van der Waals surface area (Å²) in [4.78, 5) is 36.4. The van der Waals surface area contributed by atoms with Crippen LogP contribution in [0.3, 0.4) is 0 Å². The number of aryl methyl sites for hydroxylation is 1. The zero-order chi connectivity index (χ0) is 21.4. The lowest BCUT2D eigenvalue weighted by molar-refractivity contribution is 0.0997. The summed E-state index contributed by atoms with van der Waals surface area (Å²) in [7, 11) is 3.02. The van der Waals surface area contributed by atoms with Crippen molar-refractivity contribution in [2.75, 3.05) is 14.2 Å². The smallest absolute Gasteiger partial charge is 0.332 e. The summed E-state index contributed by atoms with van der Waals surface area (Å²) in [5, 5.41) is 0. The molecule has 0 unspecified atom stereocenters. The van der Waals surface area contributed by atoms with E-state index < -0.39 is 11.6 Å². The molecule has 2 aromatic carbocycles. The van der Waals surface area contributed by atoms with Gasteiger partial charge >= 0.3 is 5.69 Å². The Morgan fingerprint density at radius 2 is 1.80 bits per heavy atom. The molecule has 0 fully saturated rings. The fourth-order valence-electron chi connectivity index (χ4n) is 3.19. The Morgan fingerprint density at radius 3 is 2.43 bits per heavy atom. The van der Waals surface area contributed by atoms with Crippen LogP contribution in [0, 0.1) is 6.92 Å². The molecule has 1 amide bonds. The number of hydrogen-bond acceptors (Lipinski definition) is 6. The third-order valence-electron chi connectivity index (χ3n) is 4.71. The van der Waals surface area contributed by atoms with Gasteiger partial charge in [-0.05, 0) is 19.1 Å². The molecule has 3 N–H and O–H groups in total. The fourth-order valence-corrected chi connectivity index (χ4v) is 3.19. The molecule has 0 saturated carbocycles. The number of ether oxygens (including phenoxy) is 2. The Labute approximate surface area is 171 Å². The first-order valence-electron chi connectivity index (χ1n) is 9.05. The number of amides is 1. The number of benzene rings is 2. The topological polar surface area (TPSA) is 125 Å². The van der Waals surface area contributed by atoms with E-state index in [-0.39, 0.29) is 22.7 Å². The highest BCUT2D eigenvalue weighted by Gasteiger charge is 2.22. The van der Waals surface area contributed by atoms with Crippen molar-refractivity contribution in [3.63, 3.8) is 0 Å². The predicted molar refractivity (Wildman–Crippen MR) is 111 cm³/mol. The number of aromatic amines is 1. The number of methoxy groups -OCH3 is 2. The van der Waals surface area contributed by atoms with E-state index in [1.165, 1.54) is 18.8 Å². The molecule has 9 heteroatoms. The molecule has 0 aliphatic carbocycles. The second-order valence-corrected chi connectivity index (χ2v) is 6.63. The Bertz CT molecular complexity index is 1320. The molecule has 0 aliphatic rings. The van der Waals surface area contributed by atoms with Crippen molar-refractivity contribution in [2.24, 2.45) is 5.73 Å². The molecule has 152 valence electrons. The van der Waals surface area contributed by atoms with E-state index in [1.807, 2.05) is 31.2 Å². The number of H-pyrrole nitrogens is 1. The number of rotatable bonds is 5. The summed E-state index contributed by atoms with van der Waals surface area (Å²) in [6.45, 7) is 1.96. The molecule has 0 bridgehead atoms. The lowest BCUT2D eigenvalue weighted by atomic mass is 10.1. The van der Waals surface area contributed by atoms with Crippen LogP contribution in [0.15, 0.2) is 47.3 Å². The van der Waals surface area contributed by atoms with Crippen molar-refractivity contribution in [2.45, 2.75) is 6.92 Å². The van der Waals surface area contributed by atoms with Crippen molar-refractivity contribution in [1.82, 2.24) is 19.5 Å². The molecule has 2 aromatic heterocycles. The number of imidazole rings is 1. The lowest BCUT2D eigenvalue weighted by Crippen LogP contribution is -2.16. The number of fused-ring (bicyclic) bond motifs is 1. The lowest BCUT2D eigenvalue weighted by Gasteiger charge is -2.11. The van der Waals surface area contributed by atoms with Gasteiger partial charge in [0.15, 0.2) is 17.2 Å². The van der Waals surface area contributed by atoms with Gasteiger partial charge in [0.25, 0.3) is 5.91 Å². The number of nitrogens with two attached hydrogens (primary N) is 1. The van der Waals surface area contributed by atoms with E-state index in [0.717, 1.165) is 5.56 Å². The quantitative estimate of drug-likeness (QED) is 0.524. The van der Waals surface area contributed by atoms with Crippen LogP contribution in [0.1, 0.15) is 16.1 Å². The number of aromatic nitrogens is 4. The molecular weight excluding hydrogens is 386 g/mol. The van der Waals surface area contributed by atoms with Gasteiger partial charge in [0.2, 0.25) is 0 Å². The maximum Gasteiger partial charge on any atom is 0.332 e. The van der Waals surface area contributed by atoms with Gasteiger partial charge < -0.3 is 20.2 Å². The minimum Gasteiger partial charge on any atom is -0.497 e. The first-order chi connectivity index (χ1) is 14.4. The minimum atomic E-state index is -0.772. The van der Waals surface area contributed by atoms with Crippen LogP contribution in [0.25, 0.3) is 28.2 Å². The molecule has 30 heavy (non-hydrogen) atoms. The SMILES string of the molecule is COc1ccc(-n2c(=O)[nH]c3c(C(N)=O)nc(-c4ccc(C)cc4)nc32)c(OC)c1. The minimum absolute atomic E-state index is 0.0705. The second kappa shape index (κ2) is 7.36. The largest absolute Gasteiger partial charge is 0.497 e. The van der Waals surface area contributed by atoms with Gasteiger partial charge in [0.1, 0.15) is 17.0 Å². The molecule has 0 spiro atoms. The molecule has 0 saturated heterocycles. The highest BCUT2D eigenvalue weighted by Crippen LogP contribution is 2.29. The van der Waals surface area contributed by atoms with E-state index in [4.69, 9.17) is 15.2 Å². The monoisotopic (exact) mass is 405 g/mol. The predicted octanol–water partition coefficient (Wildman–Crippen LogP) is 2.20. The highest BCUT2D eigenvalue weighted by molar-refractivity contribution is 6.02. The third-order valence-corrected chi connectivity index (χ3v) is 4.71. The van der Waals surface area contributed by atoms with Crippen LogP contribution in [-0.4, -0.2) is 39.6 Å². The molecule has 4 rings (SSSR count). The average Bonchev–Trinajstić information content (AvgIpc) is 3.08. The Kier molecular flexibility index (Phi) is 4.71. The average molecular weight is 405 g/mol. The Morgan fingerprint density at radius 1 is 1.07 bits per heavy atom. The van der Waals surface area contributed by atoms with Gasteiger partial charge in [-0.1, -0.05) is 29.8 Å². The molecule has 2 heterocycles.